The SMILES string of the molecule is C[C@@]1(O)C2CC[C@H]1C[C@H](S(=O)(=O)c1cc(C(=O)Nc3ccc(F)c(C(F)F)c3)ccc1Cl)C2. The summed E-state index contributed by atoms with van der Waals surface area (Å²) in [4.78, 5) is 12.5. The van der Waals surface area contributed by atoms with Crippen LogP contribution in [0.1, 0.15) is 55.0 Å². The number of benzene rings is 2. The number of anilines is 1. The first-order chi connectivity index (χ1) is 15.4. The van der Waals surface area contributed by atoms with Gasteiger partial charge in [-0.15, -0.1) is 0 Å². The first kappa shape index (κ1) is 24.0. The molecule has 0 aliphatic heterocycles. The normalized spacial score (nSPS) is 27.1. The first-order valence-corrected chi connectivity index (χ1v) is 12.5. The number of rotatable bonds is 5. The maximum atomic E-state index is 13.5. The third kappa shape index (κ3) is 4.38. The zero-order chi connectivity index (χ0) is 24.1. The maximum absolute atomic E-state index is 13.5. The van der Waals surface area contributed by atoms with Crippen LogP contribution in [0.15, 0.2) is 41.3 Å². The average Bonchev–Trinajstić information content (AvgIpc) is 2.92. The molecule has 178 valence electrons. The smallest absolute Gasteiger partial charge is 0.266 e. The Balaban J connectivity index is 1.59. The van der Waals surface area contributed by atoms with Crippen molar-refractivity contribution >= 4 is 33.0 Å². The van der Waals surface area contributed by atoms with Gasteiger partial charge in [0.1, 0.15) is 5.82 Å². The summed E-state index contributed by atoms with van der Waals surface area (Å²) >= 11 is 6.20. The topological polar surface area (TPSA) is 83.5 Å². The summed E-state index contributed by atoms with van der Waals surface area (Å²) < 4.78 is 66.2. The molecule has 2 aromatic carbocycles. The van der Waals surface area contributed by atoms with Crippen molar-refractivity contribution in [1.29, 1.82) is 0 Å². The second-order valence-corrected chi connectivity index (χ2v) is 11.6. The maximum Gasteiger partial charge on any atom is 0.266 e. The predicted molar refractivity (Wildman–Crippen MR) is 118 cm³/mol. The van der Waals surface area contributed by atoms with Gasteiger partial charge in [0.2, 0.25) is 0 Å². The minimum atomic E-state index is -3.89. The molecule has 4 rings (SSSR count). The number of halogens is 4. The number of hydrogen-bond donors (Lipinski definition) is 2. The van der Waals surface area contributed by atoms with Crippen molar-refractivity contribution in [1.82, 2.24) is 0 Å². The van der Waals surface area contributed by atoms with E-state index in [0.717, 1.165) is 31.0 Å². The fourth-order valence-corrected chi connectivity index (χ4v) is 7.45. The largest absolute Gasteiger partial charge is 0.390 e. The lowest BCUT2D eigenvalue weighted by molar-refractivity contribution is -0.0413. The Hall–Kier alpha value is -2.10. The van der Waals surface area contributed by atoms with Gasteiger partial charge in [0, 0.05) is 11.3 Å². The lowest BCUT2D eigenvalue weighted by atomic mass is 9.76. The first-order valence-electron chi connectivity index (χ1n) is 10.6. The fraction of sp³-hybridized carbons (Fsp3) is 0.435. The van der Waals surface area contributed by atoms with Gasteiger partial charge in [-0.1, -0.05) is 11.6 Å². The van der Waals surface area contributed by atoms with Crippen LogP contribution in [0.2, 0.25) is 5.02 Å². The van der Waals surface area contributed by atoms with Crippen LogP contribution in [0.5, 0.6) is 0 Å². The number of carbonyl (C=O) groups is 1. The molecule has 1 amide bonds. The third-order valence-electron chi connectivity index (χ3n) is 7.04. The summed E-state index contributed by atoms with van der Waals surface area (Å²) in [5.74, 6) is -2.09. The van der Waals surface area contributed by atoms with E-state index in [1.807, 2.05) is 0 Å². The van der Waals surface area contributed by atoms with Gasteiger partial charge in [0.15, 0.2) is 9.84 Å². The number of alkyl halides is 2. The molecule has 2 fully saturated rings. The molecule has 2 saturated carbocycles. The number of nitrogens with one attached hydrogen (secondary N) is 1. The molecule has 0 aromatic heterocycles. The Morgan fingerprint density at radius 3 is 2.39 bits per heavy atom. The van der Waals surface area contributed by atoms with E-state index in [4.69, 9.17) is 11.6 Å². The molecule has 33 heavy (non-hydrogen) atoms. The molecule has 10 heteroatoms. The van der Waals surface area contributed by atoms with E-state index >= 15 is 0 Å². The van der Waals surface area contributed by atoms with Crippen LogP contribution in [-0.4, -0.2) is 30.3 Å². The number of aliphatic hydroxyl groups is 1. The summed E-state index contributed by atoms with van der Waals surface area (Å²) in [5, 5.41) is 12.3. The summed E-state index contributed by atoms with van der Waals surface area (Å²) in [6, 6.07) is 6.57. The molecule has 0 spiro atoms. The Labute approximate surface area is 194 Å². The lowest BCUT2D eigenvalue weighted by Crippen LogP contribution is -2.45. The molecule has 2 aliphatic rings. The lowest BCUT2D eigenvalue weighted by Gasteiger charge is -2.40. The minimum Gasteiger partial charge on any atom is -0.390 e. The highest BCUT2D eigenvalue weighted by atomic mass is 35.5. The summed E-state index contributed by atoms with van der Waals surface area (Å²) in [6.07, 6.45) is -0.911. The Kier molecular flexibility index (Phi) is 6.26. The van der Waals surface area contributed by atoms with Gasteiger partial charge in [-0.25, -0.2) is 21.6 Å². The van der Waals surface area contributed by atoms with Crippen LogP contribution in [0.4, 0.5) is 18.9 Å². The molecule has 0 heterocycles. The third-order valence-corrected chi connectivity index (χ3v) is 9.69. The minimum absolute atomic E-state index is 0.0296. The van der Waals surface area contributed by atoms with E-state index in [1.165, 1.54) is 18.2 Å². The van der Waals surface area contributed by atoms with Crippen molar-refractivity contribution < 1.29 is 31.5 Å². The standard InChI is InChI=1S/C23H23ClF3NO4S/c1-23(30)13-3-4-14(23)10-16(9-13)33(31,32)20-8-12(2-6-18(20)24)22(29)28-15-5-7-19(25)17(11-15)21(26)27/h2,5-8,11,13-14,16,21,30H,3-4,9-10H2,1H3,(H,28,29)/t13-,14?,16-,23-/m0/s1. The van der Waals surface area contributed by atoms with Gasteiger partial charge in [-0.2, -0.15) is 0 Å². The number of fused-ring (bicyclic) bond motifs is 2. The monoisotopic (exact) mass is 501 g/mol. The van der Waals surface area contributed by atoms with Crippen LogP contribution in [-0.2, 0) is 9.84 Å². The number of carbonyl (C=O) groups excluding carboxylic acids is 1. The fourth-order valence-electron chi connectivity index (χ4n) is 5.05. The summed E-state index contributed by atoms with van der Waals surface area (Å²) in [6.45, 7) is 1.75. The highest BCUT2D eigenvalue weighted by molar-refractivity contribution is 7.92. The molecule has 5 nitrogen and oxygen atoms in total. The van der Waals surface area contributed by atoms with E-state index in [1.54, 1.807) is 6.92 Å². The predicted octanol–water partition coefficient (Wildman–Crippen LogP) is 5.38. The highest BCUT2D eigenvalue weighted by Gasteiger charge is 2.53. The van der Waals surface area contributed by atoms with Crippen molar-refractivity contribution in [3.8, 4) is 0 Å². The van der Waals surface area contributed by atoms with E-state index in [9.17, 15) is 31.5 Å². The van der Waals surface area contributed by atoms with Crippen LogP contribution in [0.3, 0.4) is 0 Å². The van der Waals surface area contributed by atoms with Gasteiger partial charge >= 0.3 is 0 Å². The second kappa shape index (κ2) is 8.60. The number of sulfone groups is 1. The van der Waals surface area contributed by atoms with Crippen LogP contribution < -0.4 is 5.32 Å². The van der Waals surface area contributed by atoms with Crippen molar-refractivity contribution in [2.24, 2.45) is 11.8 Å². The number of hydrogen-bond acceptors (Lipinski definition) is 4. The van der Waals surface area contributed by atoms with Gasteiger partial charge in [-0.3, -0.25) is 4.79 Å². The van der Waals surface area contributed by atoms with Gasteiger partial charge in [0.05, 0.1) is 26.3 Å². The second-order valence-electron chi connectivity index (χ2n) is 8.97. The Bertz CT molecular complexity index is 1190. The van der Waals surface area contributed by atoms with E-state index < -0.39 is 44.4 Å². The molecular formula is C23H23ClF3NO4S. The average molecular weight is 502 g/mol. The van der Waals surface area contributed by atoms with Crippen LogP contribution in [0.25, 0.3) is 0 Å². The van der Waals surface area contributed by atoms with Gasteiger partial charge in [-0.05, 0) is 80.8 Å². The van der Waals surface area contributed by atoms with E-state index in [-0.39, 0.29) is 33.0 Å². The van der Waals surface area contributed by atoms with Gasteiger partial charge in [0.25, 0.3) is 12.3 Å². The molecule has 4 atom stereocenters. The zero-order valence-electron chi connectivity index (χ0n) is 17.7. The molecule has 1 unspecified atom stereocenters. The molecule has 0 saturated heterocycles. The number of amides is 1. The zero-order valence-corrected chi connectivity index (χ0v) is 19.3. The van der Waals surface area contributed by atoms with Crippen molar-refractivity contribution in [3.63, 3.8) is 0 Å². The van der Waals surface area contributed by atoms with Crippen molar-refractivity contribution in [2.45, 2.75) is 54.8 Å². The molecule has 0 radical (unpaired) electrons. The summed E-state index contributed by atoms with van der Waals surface area (Å²) in [5.41, 5.74) is -1.83. The molecular weight excluding hydrogens is 479 g/mol. The summed E-state index contributed by atoms with van der Waals surface area (Å²) in [7, 11) is -3.89. The van der Waals surface area contributed by atoms with Gasteiger partial charge < -0.3 is 10.4 Å². The quantitative estimate of drug-likeness (QED) is 0.576. The highest BCUT2D eigenvalue weighted by Crippen LogP contribution is 2.51. The van der Waals surface area contributed by atoms with Crippen molar-refractivity contribution in [3.05, 3.63) is 58.4 Å². The van der Waals surface area contributed by atoms with Crippen LogP contribution in [0, 0.1) is 17.7 Å². The van der Waals surface area contributed by atoms with Crippen molar-refractivity contribution in [2.75, 3.05) is 5.32 Å². The Morgan fingerprint density at radius 2 is 1.79 bits per heavy atom. The Morgan fingerprint density at radius 1 is 1.15 bits per heavy atom. The van der Waals surface area contributed by atoms with Crippen LogP contribution >= 0.6 is 11.6 Å². The molecule has 2 N–H and O–H groups in total. The molecule has 2 aliphatic carbocycles. The van der Waals surface area contributed by atoms with E-state index in [2.05, 4.69) is 5.32 Å². The van der Waals surface area contributed by atoms with E-state index in [0.29, 0.717) is 12.8 Å². The molecule has 2 bridgehead atoms. The molecule has 2 aromatic rings.